The van der Waals surface area contributed by atoms with Gasteiger partial charge in [-0.1, -0.05) is 6.07 Å². The molecule has 114 valence electrons. The Morgan fingerprint density at radius 2 is 2.10 bits per heavy atom. The van der Waals surface area contributed by atoms with Crippen LogP contribution in [0.5, 0.6) is 0 Å². The zero-order valence-corrected chi connectivity index (χ0v) is 12.1. The van der Waals surface area contributed by atoms with Gasteiger partial charge in [0.05, 0.1) is 0 Å². The number of nitrogens with one attached hydrogen (secondary N) is 1. The predicted molar refractivity (Wildman–Crippen MR) is 75.8 cm³/mol. The fourth-order valence-corrected chi connectivity index (χ4v) is 3.37. The number of hydrogen-bond donors (Lipinski definition) is 1. The molecule has 21 heavy (non-hydrogen) atoms. The molecule has 1 aromatic carbocycles. The maximum Gasteiger partial charge on any atom is 0.226 e. The molecule has 1 aliphatic carbocycles. The number of nitrogens with zero attached hydrogens (tertiary/aromatic N) is 1. The van der Waals surface area contributed by atoms with Gasteiger partial charge in [-0.2, -0.15) is 0 Å². The van der Waals surface area contributed by atoms with Crippen LogP contribution in [-0.4, -0.2) is 37.5 Å². The van der Waals surface area contributed by atoms with E-state index in [9.17, 15) is 13.6 Å². The molecule has 1 saturated heterocycles. The van der Waals surface area contributed by atoms with E-state index >= 15 is 0 Å². The molecule has 2 aliphatic rings. The fraction of sp³-hybridized carbons (Fsp3) is 0.562. The highest BCUT2D eigenvalue weighted by atomic mass is 19.1. The molecule has 1 amide bonds. The number of carbonyl (C=O) groups is 1. The quantitative estimate of drug-likeness (QED) is 0.922. The van der Waals surface area contributed by atoms with Gasteiger partial charge in [-0.3, -0.25) is 4.79 Å². The topological polar surface area (TPSA) is 32.3 Å². The minimum Gasteiger partial charge on any atom is -0.342 e. The van der Waals surface area contributed by atoms with Crippen LogP contribution in [0.3, 0.4) is 0 Å². The second-order valence-electron chi connectivity index (χ2n) is 6.08. The van der Waals surface area contributed by atoms with Crippen molar-refractivity contribution in [2.75, 3.05) is 26.7 Å². The molecule has 1 N–H and O–H groups in total. The van der Waals surface area contributed by atoms with Gasteiger partial charge in [0.2, 0.25) is 5.91 Å². The van der Waals surface area contributed by atoms with Crippen LogP contribution in [0.4, 0.5) is 8.78 Å². The second-order valence-corrected chi connectivity index (χ2v) is 6.08. The maximum absolute atomic E-state index is 13.7. The molecule has 1 aliphatic heterocycles. The molecule has 3 rings (SSSR count). The maximum atomic E-state index is 13.7. The number of amides is 1. The van der Waals surface area contributed by atoms with Crippen LogP contribution in [-0.2, 0) is 4.79 Å². The standard InChI is InChI=1S/C16H20F2N2O/c1-19-8-10-5-6-20(9-10)16(21)12-7-11(12)15-13(17)3-2-4-14(15)18/h2-4,10-12,19H,5-9H2,1H3. The number of likely N-dealkylation sites (tertiary alicyclic amines) is 1. The van der Waals surface area contributed by atoms with Crippen LogP contribution in [0, 0.1) is 23.5 Å². The lowest BCUT2D eigenvalue weighted by Crippen LogP contribution is -2.31. The molecule has 1 heterocycles. The van der Waals surface area contributed by atoms with Crippen LogP contribution >= 0.6 is 0 Å². The van der Waals surface area contributed by atoms with E-state index in [1.165, 1.54) is 18.2 Å². The second kappa shape index (κ2) is 5.72. The fourth-order valence-electron chi connectivity index (χ4n) is 3.37. The summed E-state index contributed by atoms with van der Waals surface area (Å²) in [6, 6.07) is 3.88. The minimum atomic E-state index is -0.537. The van der Waals surface area contributed by atoms with Crippen molar-refractivity contribution in [3.63, 3.8) is 0 Å². The highest BCUT2D eigenvalue weighted by molar-refractivity contribution is 5.83. The number of halogens is 2. The summed E-state index contributed by atoms with van der Waals surface area (Å²) in [7, 11) is 1.91. The lowest BCUT2D eigenvalue weighted by atomic mass is 10.1. The Morgan fingerprint density at radius 3 is 2.76 bits per heavy atom. The molecule has 3 unspecified atom stereocenters. The Hall–Kier alpha value is -1.49. The molecular formula is C16H20F2N2O. The smallest absolute Gasteiger partial charge is 0.226 e. The van der Waals surface area contributed by atoms with Gasteiger partial charge >= 0.3 is 0 Å². The summed E-state index contributed by atoms with van der Waals surface area (Å²) in [6.45, 7) is 2.41. The van der Waals surface area contributed by atoms with Crippen LogP contribution in [0.1, 0.15) is 24.3 Å². The van der Waals surface area contributed by atoms with Crippen LogP contribution < -0.4 is 5.32 Å². The number of benzene rings is 1. The van der Waals surface area contributed by atoms with E-state index in [1.807, 2.05) is 11.9 Å². The third-order valence-corrected chi connectivity index (χ3v) is 4.57. The van der Waals surface area contributed by atoms with E-state index in [0.717, 1.165) is 26.1 Å². The molecule has 1 aromatic rings. The van der Waals surface area contributed by atoms with Gasteiger partial charge in [0, 0.05) is 30.5 Å². The Kier molecular flexibility index (Phi) is 3.93. The zero-order chi connectivity index (χ0) is 15.0. The van der Waals surface area contributed by atoms with Gasteiger partial charge in [-0.25, -0.2) is 8.78 Å². The van der Waals surface area contributed by atoms with E-state index in [2.05, 4.69) is 5.32 Å². The summed E-state index contributed by atoms with van der Waals surface area (Å²) in [5, 5.41) is 3.13. The highest BCUT2D eigenvalue weighted by Crippen LogP contribution is 2.50. The van der Waals surface area contributed by atoms with Crippen molar-refractivity contribution in [2.45, 2.75) is 18.8 Å². The molecule has 3 nitrogen and oxygen atoms in total. The third kappa shape index (κ3) is 2.79. The van der Waals surface area contributed by atoms with Crippen molar-refractivity contribution in [2.24, 2.45) is 11.8 Å². The Balaban J connectivity index is 1.64. The Bertz CT molecular complexity index is 529. The summed E-state index contributed by atoms with van der Waals surface area (Å²) in [5.41, 5.74) is 0.0850. The van der Waals surface area contributed by atoms with Gasteiger partial charge < -0.3 is 10.2 Å². The molecular weight excluding hydrogens is 274 g/mol. The van der Waals surface area contributed by atoms with E-state index in [0.29, 0.717) is 12.3 Å². The summed E-state index contributed by atoms with van der Waals surface area (Å²) in [6.07, 6.45) is 1.56. The number of carbonyl (C=O) groups excluding carboxylic acids is 1. The van der Waals surface area contributed by atoms with Crippen LogP contribution in [0.2, 0.25) is 0 Å². The average molecular weight is 294 g/mol. The van der Waals surface area contributed by atoms with Gasteiger partial charge in [0.1, 0.15) is 11.6 Å². The average Bonchev–Trinajstić information content (AvgIpc) is 3.08. The molecule has 2 fully saturated rings. The van der Waals surface area contributed by atoms with Gasteiger partial charge in [-0.15, -0.1) is 0 Å². The van der Waals surface area contributed by atoms with Crippen molar-refractivity contribution in [3.05, 3.63) is 35.4 Å². The largest absolute Gasteiger partial charge is 0.342 e. The minimum absolute atomic E-state index is 0.0567. The molecule has 5 heteroatoms. The SMILES string of the molecule is CNCC1CCN(C(=O)C2CC2c2c(F)cccc2F)C1. The zero-order valence-electron chi connectivity index (χ0n) is 12.1. The Morgan fingerprint density at radius 1 is 1.38 bits per heavy atom. The first-order chi connectivity index (χ1) is 10.1. The van der Waals surface area contributed by atoms with Crippen molar-refractivity contribution in [1.29, 1.82) is 0 Å². The van der Waals surface area contributed by atoms with Crippen molar-refractivity contribution < 1.29 is 13.6 Å². The molecule has 0 spiro atoms. The third-order valence-electron chi connectivity index (χ3n) is 4.57. The van der Waals surface area contributed by atoms with Crippen molar-refractivity contribution in [3.8, 4) is 0 Å². The first kappa shape index (κ1) is 14.4. The Labute approximate surface area is 123 Å². The number of rotatable bonds is 4. The van der Waals surface area contributed by atoms with Crippen molar-refractivity contribution in [1.82, 2.24) is 10.2 Å². The van der Waals surface area contributed by atoms with Gasteiger partial charge in [0.15, 0.2) is 0 Å². The molecule has 0 bridgehead atoms. The monoisotopic (exact) mass is 294 g/mol. The van der Waals surface area contributed by atoms with Crippen LogP contribution in [0.25, 0.3) is 0 Å². The van der Waals surface area contributed by atoms with Crippen LogP contribution in [0.15, 0.2) is 18.2 Å². The summed E-state index contributed by atoms with van der Waals surface area (Å²) in [5.74, 6) is -1.07. The summed E-state index contributed by atoms with van der Waals surface area (Å²) < 4.78 is 27.5. The molecule has 1 saturated carbocycles. The first-order valence-electron chi connectivity index (χ1n) is 7.49. The summed E-state index contributed by atoms with van der Waals surface area (Å²) >= 11 is 0. The summed E-state index contributed by atoms with van der Waals surface area (Å²) in [4.78, 5) is 14.3. The lowest BCUT2D eigenvalue weighted by Gasteiger charge is -2.16. The number of hydrogen-bond acceptors (Lipinski definition) is 2. The highest BCUT2D eigenvalue weighted by Gasteiger charge is 2.48. The van der Waals surface area contributed by atoms with E-state index in [-0.39, 0.29) is 23.3 Å². The predicted octanol–water partition coefficient (Wildman–Crippen LogP) is 2.14. The molecule has 0 aromatic heterocycles. The first-order valence-corrected chi connectivity index (χ1v) is 7.49. The molecule has 3 atom stereocenters. The lowest BCUT2D eigenvalue weighted by molar-refractivity contribution is -0.131. The van der Waals surface area contributed by atoms with E-state index < -0.39 is 11.6 Å². The molecule has 0 radical (unpaired) electrons. The van der Waals surface area contributed by atoms with Crippen molar-refractivity contribution >= 4 is 5.91 Å². The van der Waals surface area contributed by atoms with E-state index in [4.69, 9.17) is 0 Å². The van der Waals surface area contributed by atoms with E-state index in [1.54, 1.807) is 0 Å². The van der Waals surface area contributed by atoms with Gasteiger partial charge in [-0.05, 0) is 44.5 Å². The normalized spacial score (nSPS) is 28.0. The van der Waals surface area contributed by atoms with Gasteiger partial charge in [0.25, 0.3) is 0 Å².